The van der Waals surface area contributed by atoms with Gasteiger partial charge in [-0.05, 0) is 33.1 Å². The van der Waals surface area contributed by atoms with Gasteiger partial charge in [-0.1, -0.05) is 0 Å². The molecule has 3 heterocycles. The Labute approximate surface area is 141 Å². The van der Waals surface area contributed by atoms with Gasteiger partial charge in [0.2, 0.25) is 11.8 Å². The van der Waals surface area contributed by atoms with Crippen molar-refractivity contribution in [2.45, 2.75) is 51.9 Å². The first-order valence-corrected chi connectivity index (χ1v) is 8.43. The van der Waals surface area contributed by atoms with E-state index in [1.54, 1.807) is 0 Å². The van der Waals surface area contributed by atoms with Crippen molar-refractivity contribution in [3.8, 4) is 0 Å². The van der Waals surface area contributed by atoms with Crippen LogP contribution in [0, 0.1) is 13.8 Å². The second kappa shape index (κ2) is 7.34. The fraction of sp³-hybridized carbons (Fsp3) is 0.647. The lowest BCUT2D eigenvalue weighted by Crippen LogP contribution is -2.40. The molecule has 0 radical (unpaired) electrons. The van der Waals surface area contributed by atoms with Gasteiger partial charge in [0, 0.05) is 19.1 Å². The van der Waals surface area contributed by atoms with E-state index in [1.165, 1.54) is 6.26 Å². The zero-order valence-electron chi connectivity index (χ0n) is 14.2. The normalized spacial score (nSPS) is 24.5. The van der Waals surface area contributed by atoms with Gasteiger partial charge < -0.3 is 14.5 Å². The van der Waals surface area contributed by atoms with Crippen LogP contribution in [0.15, 0.2) is 16.3 Å². The number of nitrogens with one attached hydrogen (secondary N) is 1. The monoisotopic (exact) mass is 337 g/mol. The van der Waals surface area contributed by atoms with Crippen molar-refractivity contribution in [3.05, 3.63) is 29.2 Å². The first-order chi connectivity index (χ1) is 11.5. The molecule has 2 aliphatic heterocycles. The molecule has 1 N–H and O–H groups in total. The van der Waals surface area contributed by atoms with Crippen LogP contribution in [-0.2, 0) is 16.1 Å². The second-order valence-electron chi connectivity index (χ2n) is 6.49. The SMILES string of the molecule is Cc1nc(CN2C[C@@H](F)C[C@H]2CNC(=O)C2=COCCC2)oc1C. The number of amides is 1. The number of rotatable bonds is 5. The molecule has 6 nitrogen and oxygen atoms in total. The number of halogens is 1. The molecule has 0 saturated carbocycles. The smallest absolute Gasteiger partial charge is 0.250 e. The van der Waals surface area contributed by atoms with Crippen molar-refractivity contribution >= 4 is 5.91 Å². The molecule has 1 fully saturated rings. The molecule has 0 bridgehead atoms. The zero-order valence-corrected chi connectivity index (χ0v) is 14.2. The molecule has 1 amide bonds. The predicted octanol–water partition coefficient (Wildman–Crippen LogP) is 2.01. The number of carbonyl (C=O) groups is 1. The molecule has 3 rings (SSSR count). The van der Waals surface area contributed by atoms with E-state index in [-0.39, 0.29) is 11.9 Å². The maximum atomic E-state index is 13.9. The number of oxazole rings is 1. The molecule has 0 unspecified atom stereocenters. The number of hydrogen-bond donors (Lipinski definition) is 1. The van der Waals surface area contributed by atoms with E-state index in [1.807, 2.05) is 18.7 Å². The summed E-state index contributed by atoms with van der Waals surface area (Å²) in [6.07, 6.45) is 2.63. The topological polar surface area (TPSA) is 67.6 Å². The Hall–Kier alpha value is -1.89. The average molecular weight is 337 g/mol. The van der Waals surface area contributed by atoms with Gasteiger partial charge in [-0.3, -0.25) is 9.69 Å². The summed E-state index contributed by atoms with van der Waals surface area (Å²) in [5.74, 6) is 1.26. The van der Waals surface area contributed by atoms with Crippen molar-refractivity contribution in [1.82, 2.24) is 15.2 Å². The fourth-order valence-electron chi connectivity index (χ4n) is 3.16. The first kappa shape index (κ1) is 17.0. The van der Waals surface area contributed by atoms with E-state index < -0.39 is 6.17 Å². The van der Waals surface area contributed by atoms with Crippen LogP contribution < -0.4 is 5.32 Å². The van der Waals surface area contributed by atoms with E-state index in [2.05, 4.69) is 10.3 Å². The van der Waals surface area contributed by atoms with Gasteiger partial charge in [0.15, 0.2) is 0 Å². The van der Waals surface area contributed by atoms with Crippen LogP contribution >= 0.6 is 0 Å². The average Bonchev–Trinajstić information content (AvgIpc) is 3.07. The highest BCUT2D eigenvalue weighted by atomic mass is 19.1. The number of hydrogen-bond acceptors (Lipinski definition) is 5. The van der Waals surface area contributed by atoms with Crippen LogP contribution in [-0.4, -0.2) is 47.7 Å². The Morgan fingerprint density at radius 2 is 2.33 bits per heavy atom. The van der Waals surface area contributed by atoms with Crippen LogP contribution in [0.5, 0.6) is 0 Å². The molecule has 0 aliphatic carbocycles. The maximum Gasteiger partial charge on any atom is 0.250 e. The number of carbonyl (C=O) groups excluding carboxylic acids is 1. The highest BCUT2D eigenvalue weighted by Crippen LogP contribution is 2.23. The third kappa shape index (κ3) is 3.95. The summed E-state index contributed by atoms with van der Waals surface area (Å²) in [5.41, 5.74) is 1.51. The fourth-order valence-corrected chi connectivity index (χ4v) is 3.16. The second-order valence-corrected chi connectivity index (χ2v) is 6.49. The summed E-state index contributed by atoms with van der Waals surface area (Å²) < 4.78 is 24.6. The van der Waals surface area contributed by atoms with Crippen molar-refractivity contribution in [3.63, 3.8) is 0 Å². The van der Waals surface area contributed by atoms with Gasteiger partial charge in [0.05, 0.1) is 30.7 Å². The zero-order chi connectivity index (χ0) is 17.1. The lowest BCUT2D eigenvalue weighted by molar-refractivity contribution is -0.118. The van der Waals surface area contributed by atoms with Gasteiger partial charge >= 0.3 is 0 Å². The minimum atomic E-state index is -0.888. The molecule has 0 aromatic carbocycles. The van der Waals surface area contributed by atoms with Gasteiger partial charge in [-0.25, -0.2) is 9.37 Å². The van der Waals surface area contributed by atoms with Crippen molar-refractivity contribution in [2.75, 3.05) is 19.7 Å². The third-order valence-electron chi connectivity index (χ3n) is 4.61. The van der Waals surface area contributed by atoms with Crippen LogP contribution in [0.4, 0.5) is 4.39 Å². The van der Waals surface area contributed by atoms with E-state index in [0.717, 1.165) is 24.3 Å². The van der Waals surface area contributed by atoms with Gasteiger partial charge in [-0.2, -0.15) is 0 Å². The Kier molecular flexibility index (Phi) is 5.18. The van der Waals surface area contributed by atoms with Crippen molar-refractivity contribution in [1.29, 1.82) is 0 Å². The summed E-state index contributed by atoms with van der Waals surface area (Å²) in [4.78, 5) is 18.5. The molecule has 24 heavy (non-hydrogen) atoms. The van der Waals surface area contributed by atoms with Crippen LogP contribution in [0.1, 0.15) is 36.6 Å². The highest BCUT2D eigenvalue weighted by molar-refractivity contribution is 5.93. The standard InChI is InChI=1S/C17H24FN3O3/c1-11-12(2)24-16(20-11)9-21-8-14(18)6-15(21)7-19-17(22)13-4-3-5-23-10-13/h10,14-15H,3-9H2,1-2H3,(H,19,22)/t14-,15-/m0/s1. The lowest BCUT2D eigenvalue weighted by atomic mass is 10.1. The predicted molar refractivity (Wildman–Crippen MR) is 86.0 cm³/mol. The van der Waals surface area contributed by atoms with Crippen LogP contribution in [0.2, 0.25) is 0 Å². The third-order valence-corrected chi connectivity index (χ3v) is 4.61. The number of nitrogens with zero attached hydrogens (tertiary/aromatic N) is 2. The summed E-state index contributed by atoms with van der Waals surface area (Å²) in [6.45, 7) is 5.63. The number of ether oxygens (including phenoxy) is 1. The minimum Gasteiger partial charge on any atom is -0.501 e. The number of likely N-dealkylation sites (tertiary alicyclic amines) is 1. The van der Waals surface area contributed by atoms with Crippen molar-refractivity contribution < 1.29 is 18.3 Å². The van der Waals surface area contributed by atoms with Crippen LogP contribution in [0.25, 0.3) is 0 Å². The Bertz CT molecular complexity index is 609. The maximum absolute atomic E-state index is 13.9. The Balaban J connectivity index is 1.56. The van der Waals surface area contributed by atoms with Crippen molar-refractivity contribution in [2.24, 2.45) is 0 Å². The Morgan fingerprint density at radius 1 is 1.50 bits per heavy atom. The summed E-state index contributed by atoms with van der Waals surface area (Å²) in [7, 11) is 0. The number of aryl methyl sites for hydroxylation is 2. The Morgan fingerprint density at radius 3 is 3.00 bits per heavy atom. The van der Waals surface area contributed by atoms with E-state index in [0.29, 0.717) is 44.1 Å². The molecule has 0 spiro atoms. The van der Waals surface area contributed by atoms with E-state index in [4.69, 9.17) is 9.15 Å². The summed E-state index contributed by atoms with van der Waals surface area (Å²) >= 11 is 0. The minimum absolute atomic E-state index is 0.0541. The van der Waals surface area contributed by atoms with Crippen LogP contribution in [0.3, 0.4) is 0 Å². The number of alkyl halides is 1. The molecule has 1 saturated heterocycles. The lowest BCUT2D eigenvalue weighted by Gasteiger charge is -2.23. The molecule has 132 valence electrons. The number of aromatic nitrogens is 1. The molecule has 1 aromatic heterocycles. The molecule has 2 aliphatic rings. The molecular weight excluding hydrogens is 313 g/mol. The highest BCUT2D eigenvalue weighted by Gasteiger charge is 2.33. The summed E-state index contributed by atoms with van der Waals surface area (Å²) in [5, 5.41) is 2.90. The van der Waals surface area contributed by atoms with Gasteiger partial charge in [0.25, 0.3) is 0 Å². The molecular formula is C17H24FN3O3. The largest absolute Gasteiger partial charge is 0.501 e. The quantitative estimate of drug-likeness (QED) is 0.890. The van der Waals surface area contributed by atoms with E-state index >= 15 is 0 Å². The summed E-state index contributed by atoms with van der Waals surface area (Å²) in [6, 6.07) is -0.0541. The first-order valence-electron chi connectivity index (χ1n) is 8.43. The molecule has 7 heteroatoms. The van der Waals surface area contributed by atoms with Gasteiger partial charge in [0.1, 0.15) is 11.9 Å². The molecule has 1 aromatic rings. The van der Waals surface area contributed by atoms with Gasteiger partial charge in [-0.15, -0.1) is 0 Å². The van der Waals surface area contributed by atoms with E-state index in [9.17, 15) is 9.18 Å². The molecule has 2 atom stereocenters.